The number of aromatic nitrogens is 1. The molecule has 0 spiro atoms. The summed E-state index contributed by atoms with van der Waals surface area (Å²) in [4.78, 5) is 4.21. The summed E-state index contributed by atoms with van der Waals surface area (Å²) in [7, 11) is 1.61. The van der Waals surface area contributed by atoms with E-state index in [0.717, 1.165) is 10.6 Å². The average molecular weight is 206 g/mol. The Kier molecular flexibility index (Phi) is 2.37. The van der Waals surface area contributed by atoms with Crippen LogP contribution in [0.1, 0.15) is 0 Å². The van der Waals surface area contributed by atoms with Crippen LogP contribution in [-0.2, 0) is 0 Å². The zero-order chi connectivity index (χ0) is 9.97. The quantitative estimate of drug-likeness (QED) is 0.767. The van der Waals surface area contributed by atoms with Crippen molar-refractivity contribution in [1.29, 1.82) is 0 Å². The van der Waals surface area contributed by atoms with E-state index in [1.807, 2.05) is 23.6 Å². The van der Waals surface area contributed by atoms with Crippen LogP contribution in [0.3, 0.4) is 0 Å². The molecule has 0 radical (unpaired) electrons. The Morgan fingerprint density at radius 3 is 2.86 bits per heavy atom. The van der Waals surface area contributed by atoms with E-state index in [9.17, 15) is 0 Å². The summed E-state index contributed by atoms with van der Waals surface area (Å²) < 4.78 is 5.08. The van der Waals surface area contributed by atoms with Crippen LogP contribution < -0.4 is 10.5 Å². The molecule has 2 rings (SSSR count). The zero-order valence-electron chi connectivity index (χ0n) is 7.73. The van der Waals surface area contributed by atoms with Crippen LogP contribution in [0.4, 0.5) is 5.69 Å². The van der Waals surface area contributed by atoms with E-state index in [4.69, 9.17) is 10.5 Å². The summed E-state index contributed by atoms with van der Waals surface area (Å²) >= 11 is 1.59. The summed E-state index contributed by atoms with van der Waals surface area (Å²) in [6, 6.07) is 5.68. The lowest BCUT2D eigenvalue weighted by Crippen LogP contribution is -1.92. The van der Waals surface area contributed by atoms with Crippen LogP contribution in [0.2, 0.25) is 0 Å². The summed E-state index contributed by atoms with van der Waals surface area (Å²) in [5.41, 5.74) is 7.46. The number of nitrogen functional groups attached to an aromatic ring is 1. The van der Waals surface area contributed by atoms with Crippen LogP contribution in [0, 0.1) is 0 Å². The molecule has 0 bridgehead atoms. The van der Waals surface area contributed by atoms with Gasteiger partial charge in [0.25, 0.3) is 0 Å². The molecule has 0 amide bonds. The predicted octanol–water partition coefficient (Wildman–Crippen LogP) is 2.40. The molecule has 72 valence electrons. The van der Waals surface area contributed by atoms with Crippen molar-refractivity contribution < 1.29 is 4.74 Å². The molecule has 2 aromatic rings. The van der Waals surface area contributed by atoms with Gasteiger partial charge in [0.15, 0.2) is 0 Å². The van der Waals surface area contributed by atoms with Crippen molar-refractivity contribution in [2.75, 3.05) is 12.8 Å². The molecule has 0 fully saturated rings. The Labute approximate surface area is 86.2 Å². The van der Waals surface area contributed by atoms with Gasteiger partial charge in [-0.2, -0.15) is 0 Å². The fourth-order valence-corrected chi connectivity index (χ4v) is 1.87. The Hall–Kier alpha value is -1.55. The van der Waals surface area contributed by atoms with Crippen molar-refractivity contribution in [2.24, 2.45) is 0 Å². The van der Waals surface area contributed by atoms with E-state index in [1.54, 1.807) is 24.6 Å². The third-order valence-corrected chi connectivity index (χ3v) is 2.73. The lowest BCUT2D eigenvalue weighted by Gasteiger charge is -2.04. The fraction of sp³-hybridized carbons (Fsp3) is 0.100. The van der Waals surface area contributed by atoms with Crippen LogP contribution in [0.25, 0.3) is 10.6 Å². The first-order chi connectivity index (χ1) is 6.81. The molecule has 0 saturated carbocycles. The third-order valence-electron chi connectivity index (χ3n) is 1.91. The standard InChI is InChI=1S/C10H10N2OS/c1-13-9-3-2-7(6-8(9)11)10-12-4-5-14-10/h2-6H,11H2,1H3. The van der Waals surface area contributed by atoms with Gasteiger partial charge in [0.1, 0.15) is 10.8 Å². The SMILES string of the molecule is COc1ccc(-c2nccs2)cc1N. The van der Waals surface area contributed by atoms with E-state index in [0.29, 0.717) is 11.4 Å². The minimum atomic E-state index is 0.639. The number of ether oxygens (including phenoxy) is 1. The lowest BCUT2D eigenvalue weighted by atomic mass is 10.2. The largest absolute Gasteiger partial charge is 0.495 e. The molecule has 0 atom stereocenters. The molecule has 1 heterocycles. The smallest absolute Gasteiger partial charge is 0.141 e. The van der Waals surface area contributed by atoms with E-state index < -0.39 is 0 Å². The van der Waals surface area contributed by atoms with Crippen molar-refractivity contribution in [3.8, 4) is 16.3 Å². The average Bonchev–Trinajstić information content (AvgIpc) is 2.70. The molecule has 0 aliphatic carbocycles. The molecule has 3 nitrogen and oxygen atoms in total. The first-order valence-electron chi connectivity index (χ1n) is 4.14. The van der Waals surface area contributed by atoms with Gasteiger partial charge in [-0.1, -0.05) is 0 Å². The number of benzene rings is 1. The molecule has 1 aromatic carbocycles. The molecule has 0 aliphatic rings. The van der Waals surface area contributed by atoms with Gasteiger partial charge in [-0.15, -0.1) is 11.3 Å². The van der Waals surface area contributed by atoms with E-state index in [-0.39, 0.29) is 0 Å². The molecule has 14 heavy (non-hydrogen) atoms. The fourth-order valence-electron chi connectivity index (χ4n) is 1.23. The second-order valence-corrected chi connectivity index (χ2v) is 3.69. The highest BCUT2D eigenvalue weighted by atomic mass is 32.1. The second kappa shape index (κ2) is 3.67. The van der Waals surface area contributed by atoms with Gasteiger partial charge in [-0.05, 0) is 18.2 Å². The number of nitrogens with zero attached hydrogens (tertiary/aromatic N) is 1. The molecule has 0 unspecified atom stereocenters. The van der Waals surface area contributed by atoms with E-state index in [2.05, 4.69) is 4.98 Å². The molecule has 0 saturated heterocycles. The van der Waals surface area contributed by atoms with Crippen LogP contribution >= 0.6 is 11.3 Å². The first-order valence-corrected chi connectivity index (χ1v) is 5.02. The summed E-state index contributed by atoms with van der Waals surface area (Å²) in [5, 5.41) is 2.91. The van der Waals surface area contributed by atoms with Gasteiger partial charge < -0.3 is 10.5 Å². The second-order valence-electron chi connectivity index (χ2n) is 2.79. The van der Waals surface area contributed by atoms with Crippen LogP contribution in [-0.4, -0.2) is 12.1 Å². The maximum Gasteiger partial charge on any atom is 0.141 e. The minimum absolute atomic E-state index is 0.639. The first kappa shape index (κ1) is 9.02. The number of methoxy groups -OCH3 is 1. The van der Waals surface area contributed by atoms with Gasteiger partial charge in [-0.25, -0.2) is 4.98 Å². The predicted molar refractivity (Wildman–Crippen MR) is 58.5 cm³/mol. The van der Waals surface area contributed by atoms with Gasteiger partial charge >= 0.3 is 0 Å². The zero-order valence-corrected chi connectivity index (χ0v) is 8.54. The third kappa shape index (κ3) is 1.56. The maximum atomic E-state index is 5.79. The molecule has 1 aromatic heterocycles. The van der Waals surface area contributed by atoms with Crippen molar-refractivity contribution >= 4 is 17.0 Å². The Morgan fingerprint density at radius 2 is 2.29 bits per heavy atom. The molecule has 2 N–H and O–H groups in total. The summed E-state index contributed by atoms with van der Waals surface area (Å²) in [6.45, 7) is 0. The van der Waals surface area contributed by atoms with E-state index >= 15 is 0 Å². The normalized spacial score (nSPS) is 10.1. The van der Waals surface area contributed by atoms with Crippen molar-refractivity contribution in [2.45, 2.75) is 0 Å². The maximum absolute atomic E-state index is 5.79. The number of anilines is 1. The van der Waals surface area contributed by atoms with Gasteiger partial charge in [0.05, 0.1) is 12.8 Å². The highest BCUT2D eigenvalue weighted by Crippen LogP contribution is 2.29. The Bertz CT molecular complexity index is 426. The van der Waals surface area contributed by atoms with Gasteiger partial charge in [-0.3, -0.25) is 0 Å². The number of hydrogen-bond donors (Lipinski definition) is 1. The highest BCUT2D eigenvalue weighted by molar-refractivity contribution is 7.13. The lowest BCUT2D eigenvalue weighted by molar-refractivity contribution is 0.417. The summed E-state index contributed by atoms with van der Waals surface area (Å²) in [6.07, 6.45) is 1.78. The number of rotatable bonds is 2. The van der Waals surface area contributed by atoms with Crippen molar-refractivity contribution in [3.05, 3.63) is 29.8 Å². The number of thiazole rings is 1. The monoisotopic (exact) mass is 206 g/mol. The van der Waals surface area contributed by atoms with Gasteiger partial charge in [0.2, 0.25) is 0 Å². The molecular weight excluding hydrogens is 196 g/mol. The molecule has 0 aliphatic heterocycles. The Balaban J connectivity index is 2.43. The van der Waals surface area contributed by atoms with Crippen molar-refractivity contribution in [3.63, 3.8) is 0 Å². The molecule has 4 heteroatoms. The Morgan fingerprint density at radius 1 is 1.43 bits per heavy atom. The minimum Gasteiger partial charge on any atom is -0.495 e. The van der Waals surface area contributed by atoms with E-state index in [1.165, 1.54) is 0 Å². The highest BCUT2D eigenvalue weighted by Gasteiger charge is 2.03. The topological polar surface area (TPSA) is 48.1 Å². The van der Waals surface area contributed by atoms with Gasteiger partial charge in [0, 0.05) is 17.1 Å². The summed E-state index contributed by atoms with van der Waals surface area (Å²) in [5.74, 6) is 0.699. The number of hydrogen-bond acceptors (Lipinski definition) is 4. The molecular formula is C10H10N2OS. The van der Waals surface area contributed by atoms with Crippen molar-refractivity contribution in [1.82, 2.24) is 4.98 Å². The van der Waals surface area contributed by atoms with Crippen LogP contribution in [0.15, 0.2) is 29.8 Å². The number of nitrogens with two attached hydrogens (primary N) is 1. The van der Waals surface area contributed by atoms with Crippen LogP contribution in [0.5, 0.6) is 5.75 Å².